The minimum atomic E-state index is 0.566. The molecule has 0 bridgehead atoms. The van der Waals surface area contributed by atoms with Gasteiger partial charge in [0.2, 0.25) is 0 Å². The summed E-state index contributed by atoms with van der Waals surface area (Å²) in [7, 11) is 0. The fourth-order valence-corrected chi connectivity index (χ4v) is 2.08. The van der Waals surface area contributed by atoms with Crippen molar-refractivity contribution in [2.45, 2.75) is 11.5 Å². The highest BCUT2D eigenvalue weighted by molar-refractivity contribution is 7.98. The number of rotatable bonds is 4. The van der Waals surface area contributed by atoms with E-state index in [-0.39, 0.29) is 0 Å². The average molecular weight is 282 g/mol. The second-order valence-corrected chi connectivity index (χ2v) is 5.10. The van der Waals surface area contributed by atoms with Gasteiger partial charge in [0.25, 0.3) is 0 Å². The van der Waals surface area contributed by atoms with E-state index in [1.165, 1.54) is 4.90 Å². The highest BCUT2D eigenvalue weighted by Gasteiger charge is 1.95. The molecule has 0 N–H and O–H groups in total. The minimum absolute atomic E-state index is 0.566. The molecule has 0 fully saturated rings. The molecule has 0 atom stereocenters. The molecule has 0 heterocycles. The van der Waals surface area contributed by atoms with Gasteiger partial charge in [0.05, 0.1) is 0 Å². The van der Waals surface area contributed by atoms with Crippen LogP contribution in [0.2, 0.25) is 0 Å². The van der Waals surface area contributed by atoms with Crippen molar-refractivity contribution in [2.75, 3.05) is 6.26 Å². The molecular formula is C18H18OS. The molecule has 2 rings (SSSR count). The Labute approximate surface area is 124 Å². The molecule has 0 aliphatic rings. The maximum atomic E-state index is 5.81. The largest absolute Gasteiger partial charge is 0.489 e. The third kappa shape index (κ3) is 4.98. The lowest BCUT2D eigenvalue weighted by atomic mass is 10.2. The summed E-state index contributed by atoms with van der Waals surface area (Å²) in [5.74, 6) is 0.897. The van der Waals surface area contributed by atoms with Crippen LogP contribution in [0.25, 0.3) is 0 Å². The van der Waals surface area contributed by atoms with Crippen LogP contribution in [-0.4, -0.2) is 6.26 Å². The Hall–Kier alpha value is -1.93. The van der Waals surface area contributed by atoms with E-state index < -0.39 is 0 Å². The van der Waals surface area contributed by atoms with Gasteiger partial charge in [0, 0.05) is 4.90 Å². The van der Waals surface area contributed by atoms with Gasteiger partial charge in [-0.15, -0.1) is 11.8 Å². The van der Waals surface area contributed by atoms with Gasteiger partial charge in [-0.25, -0.2) is 0 Å². The summed E-state index contributed by atoms with van der Waals surface area (Å²) in [6.07, 6.45) is 2.07. The molecule has 0 amide bonds. The Bertz CT molecular complexity index is 552. The summed E-state index contributed by atoms with van der Waals surface area (Å²) in [6.45, 7) is 0.566. The lowest BCUT2D eigenvalue weighted by Crippen LogP contribution is -1.93. The Kier molecular flexibility index (Phi) is 6.00. The molecule has 2 heteroatoms. The van der Waals surface area contributed by atoms with Crippen molar-refractivity contribution in [2.24, 2.45) is 0 Å². The van der Waals surface area contributed by atoms with Crippen LogP contribution in [-0.2, 0) is 6.61 Å². The predicted molar refractivity (Wildman–Crippen MR) is 86.6 cm³/mol. The van der Waals surface area contributed by atoms with Crippen LogP contribution in [0.15, 0.2) is 83.8 Å². The summed E-state index contributed by atoms with van der Waals surface area (Å²) in [5.41, 5.74) is 1.13. The van der Waals surface area contributed by atoms with Gasteiger partial charge in [-0.3, -0.25) is 0 Å². The second kappa shape index (κ2) is 8.28. The first-order chi connectivity index (χ1) is 9.88. The van der Waals surface area contributed by atoms with Crippen LogP contribution in [0.5, 0.6) is 5.75 Å². The first-order valence-electron chi connectivity index (χ1n) is 6.52. The molecule has 0 radical (unpaired) electrons. The third-order valence-electron chi connectivity index (χ3n) is 2.75. The molecule has 0 saturated heterocycles. The molecular weight excluding hydrogens is 264 g/mol. The van der Waals surface area contributed by atoms with Crippen molar-refractivity contribution < 1.29 is 4.74 Å². The molecule has 0 saturated carbocycles. The lowest BCUT2D eigenvalue weighted by Gasteiger charge is -2.06. The van der Waals surface area contributed by atoms with Crippen LogP contribution < -0.4 is 4.74 Å². The van der Waals surface area contributed by atoms with Gasteiger partial charge in [-0.1, -0.05) is 54.6 Å². The zero-order chi connectivity index (χ0) is 14.0. The maximum absolute atomic E-state index is 5.81. The van der Waals surface area contributed by atoms with Gasteiger partial charge in [-0.05, 0) is 36.1 Å². The van der Waals surface area contributed by atoms with Gasteiger partial charge < -0.3 is 4.74 Å². The SMILES string of the molecule is CSc1ccc(OCc2ccccccccc2)cc1. The minimum Gasteiger partial charge on any atom is -0.489 e. The fraction of sp³-hybridized carbons (Fsp3) is 0.111. The standard InChI is InChI=1S/C18H18OS/c1-20-18-13-11-17(12-14-18)19-15-16-9-7-5-3-2-4-6-8-10-16/h2-14H,15H2,1H3. The van der Waals surface area contributed by atoms with Gasteiger partial charge in [-0.2, -0.15) is 0 Å². The van der Waals surface area contributed by atoms with Gasteiger partial charge in [0.1, 0.15) is 12.4 Å². The summed E-state index contributed by atoms with van der Waals surface area (Å²) in [5, 5.41) is 0. The van der Waals surface area contributed by atoms with E-state index in [1.54, 1.807) is 11.8 Å². The van der Waals surface area contributed by atoms with Crippen molar-refractivity contribution in [1.82, 2.24) is 0 Å². The van der Waals surface area contributed by atoms with E-state index >= 15 is 0 Å². The van der Waals surface area contributed by atoms with Crippen molar-refractivity contribution in [1.29, 1.82) is 0 Å². The molecule has 0 unspecified atom stereocenters. The number of ether oxygens (including phenoxy) is 1. The van der Waals surface area contributed by atoms with E-state index in [2.05, 4.69) is 30.5 Å². The van der Waals surface area contributed by atoms with Crippen LogP contribution in [0.4, 0.5) is 0 Å². The van der Waals surface area contributed by atoms with Crippen molar-refractivity contribution >= 4 is 11.8 Å². The highest BCUT2D eigenvalue weighted by atomic mass is 32.2. The van der Waals surface area contributed by atoms with Crippen LogP contribution in [0.3, 0.4) is 0 Å². The quantitative estimate of drug-likeness (QED) is 0.720. The molecule has 102 valence electrons. The first-order valence-corrected chi connectivity index (χ1v) is 7.75. The third-order valence-corrected chi connectivity index (χ3v) is 3.50. The normalized spacial score (nSPS) is 9.65. The molecule has 1 nitrogen and oxygen atoms in total. The molecule has 20 heavy (non-hydrogen) atoms. The molecule has 0 aliphatic carbocycles. The maximum Gasteiger partial charge on any atom is 0.119 e. The summed E-state index contributed by atoms with van der Waals surface area (Å²) in [6, 6.07) is 26.4. The lowest BCUT2D eigenvalue weighted by molar-refractivity contribution is 0.306. The van der Waals surface area contributed by atoms with E-state index in [0.29, 0.717) is 6.61 Å². The molecule has 2 aromatic rings. The van der Waals surface area contributed by atoms with Crippen LogP contribution in [0, 0.1) is 0 Å². The predicted octanol–water partition coefficient (Wildman–Crippen LogP) is 5.11. The fourth-order valence-electron chi connectivity index (χ4n) is 1.67. The Balaban J connectivity index is 2.06. The van der Waals surface area contributed by atoms with E-state index in [0.717, 1.165) is 11.3 Å². The Morgan fingerprint density at radius 3 is 1.85 bits per heavy atom. The van der Waals surface area contributed by atoms with Crippen molar-refractivity contribution in [3.8, 4) is 5.75 Å². The van der Waals surface area contributed by atoms with Crippen molar-refractivity contribution in [3.63, 3.8) is 0 Å². The van der Waals surface area contributed by atoms with E-state index in [4.69, 9.17) is 4.74 Å². The number of hydrogen-bond donors (Lipinski definition) is 0. The summed E-state index contributed by atoms with van der Waals surface area (Å²) >= 11 is 1.73. The van der Waals surface area contributed by atoms with Crippen LogP contribution in [0.1, 0.15) is 5.56 Å². The Morgan fingerprint density at radius 2 is 1.30 bits per heavy atom. The highest BCUT2D eigenvalue weighted by Crippen LogP contribution is 2.19. The number of benzene rings is 1. The van der Waals surface area contributed by atoms with E-state index in [1.807, 2.05) is 54.6 Å². The second-order valence-electron chi connectivity index (χ2n) is 4.22. The zero-order valence-corrected chi connectivity index (χ0v) is 12.3. The molecule has 0 spiro atoms. The molecule has 2 aromatic carbocycles. The topological polar surface area (TPSA) is 9.23 Å². The molecule has 0 aromatic heterocycles. The van der Waals surface area contributed by atoms with Gasteiger partial charge >= 0.3 is 0 Å². The Morgan fingerprint density at radius 1 is 0.750 bits per heavy atom. The first kappa shape index (κ1) is 14.5. The molecule has 0 aliphatic heterocycles. The zero-order valence-electron chi connectivity index (χ0n) is 11.5. The monoisotopic (exact) mass is 282 g/mol. The van der Waals surface area contributed by atoms with E-state index in [9.17, 15) is 0 Å². The van der Waals surface area contributed by atoms with Crippen molar-refractivity contribution in [3.05, 3.63) is 84.4 Å². The van der Waals surface area contributed by atoms with Crippen LogP contribution >= 0.6 is 11.8 Å². The number of hydrogen-bond acceptors (Lipinski definition) is 2. The summed E-state index contributed by atoms with van der Waals surface area (Å²) < 4.78 is 5.81. The van der Waals surface area contributed by atoms with Gasteiger partial charge in [0.15, 0.2) is 0 Å². The smallest absolute Gasteiger partial charge is 0.119 e. The number of thioether (sulfide) groups is 1. The summed E-state index contributed by atoms with van der Waals surface area (Å²) in [4.78, 5) is 1.25. The average Bonchev–Trinajstić information content (AvgIpc) is 2.51.